The zero-order chi connectivity index (χ0) is 13.2. The molecule has 2 aromatic rings. The molecule has 5 heteroatoms. The monoisotopic (exact) mass is 257 g/mol. The summed E-state index contributed by atoms with van der Waals surface area (Å²) in [6, 6.07) is 7.71. The van der Waals surface area contributed by atoms with Gasteiger partial charge in [-0.15, -0.1) is 0 Å². The summed E-state index contributed by atoms with van der Waals surface area (Å²) in [5, 5.41) is 8.95. The summed E-state index contributed by atoms with van der Waals surface area (Å²) >= 11 is 0. The number of hydrogen-bond acceptors (Lipinski definition) is 4. The molecule has 2 heterocycles. The molecule has 1 unspecified atom stereocenters. The van der Waals surface area contributed by atoms with Crippen LogP contribution in [0, 0.1) is 11.3 Å². The number of benzene rings is 1. The third kappa shape index (κ3) is 2.09. The molecule has 0 bridgehead atoms. The maximum atomic E-state index is 8.95. The first kappa shape index (κ1) is 12.2. The van der Waals surface area contributed by atoms with Gasteiger partial charge in [0, 0.05) is 6.54 Å². The molecule has 1 atom stereocenters. The van der Waals surface area contributed by atoms with Crippen LogP contribution in [-0.2, 0) is 16.0 Å². The number of aryl methyl sites for hydroxylation is 1. The number of aromatic nitrogens is 2. The lowest BCUT2D eigenvalue weighted by atomic mass is 10.2. The van der Waals surface area contributed by atoms with Gasteiger partial charge in [0.2, 0.25) is 0 Å². The first-order chi connectivity index (χ1) is 9.33. The maximum absolute atomic E-state index is 8.95. The highest BCUT2D eigenvalue weighted by molar-refractivity contribution is 5.77. The molecule has 5 nitrogen and oxygen atoms in total. The van der Waals surface area contributed by atoms with Crippen LogP contribution in [0.4, 0.5) is 0 Å². The van der Waals surface area contributed by atoms with E-state index in [0.29, 0.717) is 25.4 Å². The number of nitrogens with zero attached hydrogens (tertiary/aromatic N) is 3. The van der Waals surface area contributed by atoms with Crippen LogP contribution >= 0.6 is 0 Å². The molecule has 19 heavy (non-hydrogen) atoms. The van der Waals surface area contributed by atoms with E-state index in [9.17, 15) is 0 Å². The second-order valence-electron chi connectivity index (χ2n) is 4.46. The molecule has 1 aliphatic rings. The fourth-order valence-electron chi connectivity index (χ4n) is 2.43. The zero-order valence-electron chi connectivity index (χ0n) is 10.8. The highest BCUT2D eigenvalue weighted by atomic mass is 16.6. The Balaban J connectivity index is 2.10. The van der Waals surface area contributed by atoms with Gasteiger partial charge in [-0.2, -0.15) is 5.26 Å². The molecule has 0 amide bonds. The molecule has 0 saturated carbocycles. The topological polar surface area (TPSA) is 60.1 Å². The van der Waals surface area contributed by atoms with Gasteiger partial charge in [0.15, 0.2) is 0 Å². The molecule has 1 aliphatic heterocycles. The van der Waals surface area contributed by atoms with Gasteiger partial charge in [-0.3, -0.25) is 0 Å². The minimum atomic E-state index is -0.119. The van der Waals surface area contributed by atoms with Gasteiger partial charge in [0.05, 0.1) is 42.5 Å². The smallest absolute Gasteiger partial charge is 0.141 e. The molecule has 0 radical (unpaired) electrons. The number of rotatable bonds is 2. The van der Waals surface area contributed by atoms with E-state index in [0.717, 1.165) is 23.4 Å². The highest BCUT2D eigenvalue weighted by Crippen LogP contribution is 2.25. The van der Waals surface area contributed by atoms with Gasteiger partial charge in [-0.1, -0.05) is 0 Å². The van der Waals surface area contributed by atoms with Gasteiger partial charge in [-0.25, -0.2) is 4.98 Å². The van der Waals surface area contributed by atoms with Crippen molar-refractivity contribution in [2.45, 2.75) is 19.6 Å². The van der Waals surface area contributed by atoms with Crippen molar-refractivity contribution in [3.05, 3.63) is 29.6 Å². The van der Waals surface area contributed by atoms with Gasteiger partial charge < -0.3 is 14.0 Å². The predicted molar refractivity (Wildman–Crippen MR) is 69.6 cm³/mol. The van der Waals surface area contributed by atoms with E-state index >= 15 is 0 Å². The number of nitriles is 1. The Hall–Kier alpha value is -1.90. The second-order valence-corrected chi connectivity index (χ2v) is 4.46. The molecule has 0 N–H and O–H groups in total. The highest BCUT2D eigenvalue weighted by Gasteiger charge is 2.23. The van der Waals surface area contributed by atoms with Gasteiger partial charge in [0.25, 0.3) is 0 Å². The van der Waals surface area contributed by atoms with Crippen molar-refractivity contribution >= 4 is 11.0 Å². The lowest BCUT2D eigenvalue weighted by Crippen LogP contribution is -2.24. The number of imidazole rings is 1. The Labute approximate surface area is 111 Å². The van der Waals surface area contributed by atoms with E-state index in [1.54, 1.807) is 0 Å². The van der Waals surface area contributed by atoms with Gasteiger partial charge in [-0.05, 0) is 25.1 Å². The SMILES string of the molecule is CCn1c(C2COCCO2)nc2cc(C#N)ccc21. The minimum Gasteiger partial charge on any atom is -0.376 e. The molecular weight excluding hydrogens is 242 g/mol. The molecule has 1 saturated heterocycles. The summed E-state index contributed by atoms with van der Waals surface area (Å²) < 4.78 is 13.3. The van der Waals surface area contributed by atoms with Crippen molar-refractivity contribution in [1.82, 2.24) is 9.55 Å². The fraction of sp³-hybridized carbons (Fsp3) is 0.429. The lowest BCUT2D eigenvalue weighted by molar-refractivity contribution is -0.0944. The summed E-state index contributed by atoms with van der Waals surface area (Å²) in [6.07, 6.45) is -0.119. The molecule has 98 valence electrons. The van der Waals surface area contributed by atoms with Crippen molar-refractivity contribution in [2.75, 3.05) is 19.8 Å². The van der Waals surface area contributed by atoms with Crippen LogP contribution in [0.15, 0.2) is 18.2 Å². The fourth-order valence-corrected chi connectivity index (χ4v) is 2.43. The van der Waals surface area contributed by atoms with Crippen molar-refractivity contribution in [3.8, 4) is 6.07 Å². The maximum Gasteiger partial charge on any atom is 0.141 e. The third-order valence-corrected chi connectivity index (χ3v) is 3.33. The Morgan fingerprint density at radius 3 is 3.05 bits per heavy atom. The molecule has 3 rings (SSSR count). The van der Waals surface area contributed by atoms with E-state index < -0.39 is 0 Å². The first-order valence-corrected chi connectivity index (χ1v) is 6.43. The second kappa shape index (κ2) is 5.00. The average molecular weight is 257 g/mol. The number of hydrogen-bond donors (Lipinski definition) is 0. The van der Waals surface area contributed by atoms with E-state index in [4.69, 9.17) is 14.7 Å². The van der Waals surface area contributed by atoms with Crippen LogP contribution in [0.25, 0.3) is 11.0 Å². The lowest BCUT2D eigenvalue weighted by Gasteiger charge is -2.23. The molecule has 0 spiro atoms. The predicted octanol–water partition coefficient (Wildman–Crippen LogP) is 2.02. The Morgan fingerprint density at radius 1 is 1.47 bits per heavy atom. The summed E-state index contributed by atoms with van der Waals surface area (Å²) in [6.45, 7) is 4.67. The average Bonchev–Trinajstić information content (AvgIpc) is 2.85. The largest absolute Gasteiger partial charge is 0.376 e. The van der Waals surface area contributed by atoms with E-state index in [-0.39, 0.29) is 6.10 Å². The summed E-state index contributed by atoms with van der Waals surface area (Å²) in [7, 11) is 0. The standard InChI is InChI=1S/C14H15N3O2/c1-2-17-12-4-3-10(8-15)7-11(12)16-14(17)13-9-18-5-6-19-13/h3-4,7,13H,2,5-6,9H2,1H3. The summed E-state index contributed by atoms with van der Waals surface area (Å²) in [4.78, 5) is 4.62. The van der Waals surface area contributed by atoms with Crippen molar-refractivity contribution < 1.29 is 9.47 Å². The molecule has 1 aromatic carbocycles. The van der Waals surface area contributed by atoms with Crippen molar-refractivity contribution in [3.63, 3.8) is 0 Å². The molecule has 1 fully saturated rings. The Morgan fingerprint density at radius 2 is 2.37 bits per heavy atom. The van der Waals surface area contributed by atoms with Crippen LogP contribution in [0.2, 0.25) is 0 Å². The van der Waals surface area contributed by atoms with E-state index in [1.807, 2.05) is 18.2 Å². The van der Waals surface area contributed by atoms with Crippen molar-refractivity contribution in [2.24, 2.45) is 0 Å². The van der Waals surface area contributed by atoms with Crippen LogP contribution in [0.3, 0.4) is 0 Å². The van der Waals surface area contributed by atoms with Crippen molar-refractivity contribution in [1.29, 1.82) is 5.26 Å². The minimum absolute atomic E-state index is 0.119. The third-order valence-electron chi connectivity index (χ3n) is 3.33. The Kier molecular flexibility index (Phi) is 3.20. The van der Waals surface area contributed by atoms with Crippen LogP contribution < -0.4 is 0 Å². The molecule has 0 aliphatic carbocycles. The zero-order valence-corrected chi connectivity index (χ0v) is 10.8. The normalized spacial score (nSPS) is 19.5. The number of fused-ring (bicyclic) bond motifs is 1. The first-order valence-electron chi connectivity index (χ1n) is 6.43. The summed E-state index contributed by atoms with van der Waals surface area (Å²) in [5.41, 5.74) is 2.50. The van der Waals surface area contributed by atoms with Crippen LogP contribution in [-0.4, -0.2) is 29.4 Å². The quantitative estimate of drug-likeness (QED) is 0.825. The van der Waals surface area contributed by atoms with Gasteiger partial charge >= 0.3 is 0 Å². The van der Waals surface area contributed by atoms with Gasteiger partial charge in [0.1, 0.15) is 11.9 Å². The van der Waals surface area contributed by atoms with E-state index in [1.165, 1.54) is 0 Å². The van der Waals surface area contributed by atoms with E-state index in [2.05, 4.69) is 22.5 Å². The number of ether oxygens (including phenoxy) is 2. The summed E-state index contributed by atoms with van der Waals surface area (Å²) in [5.74, 6) is 0.882. The molecular formula is C14H15N3O2. The van der Waals surface area contributed by atoms with Crippen LogP contribution in [0.1, 0.15) is 24.4 Å². The van der Waals surface area contributed by atoms with Crippen LogP contribution in [0.5, 0.6) is 0 Å². The Bertz CT molecular complexity index is 636. The molecule has 1 aromatic heterocycles.